The summed E-state index contributed by atoms with van der Waals surface area (Å²) in [5.74, 6) is 0.854. The van der Waals surface area contributed by atoms with Crippen molar-refractivity contribution in [3.8, 4) is 0 Å². The second kappa shape index (κ2) is 11.0. The van der Waals surface area contributed by atoms with Crippen LogP contribution in [-0.4, -0.2) is 50.3 Å². The number of nitrogens with zero attached hydrogens (tertiary/aromatic N) is 1. The summed E-state index contributed by atoms with van der Waals surface area (Å²) in [6.45, 7) is 2.38. The fraction of sp³-hybridized carbons (Fsp3) is 0.611. The highest BCUT2D eigenvalue weighted by molar-refractivity contribution is 6.29. The van der Waals surface area contributed by atoms with Gasteiger partial charge in [0.05, 0.1) is 12.2 Å². The molecule has 0 spiro atoms. The minimum atomic E-state index is -0.145. The van der Waals surface area contributed by atoms with E-state index < -0.39 is 0 Å². The van der Waals surface area contributed by atoms with Crippen LogP contribution in [0.1, 0.15) is 36.0 Å². The standard InChI is InChI=1S/C18H27ClN4O3/c1-26-9-8-20-18(25)23-11-14-4-2-13(3-5-14)10-22-17(24)15-6-7-16(19)21-12-15/h6-7,12-14H,2-5,8-11H2,1H3,(H,22,24)(H2,20,23,25). The Morgan fingerprint density at radius 2 is 1.77 bits per heavy atom. The van der Waals surface area contributed by atoms with Crippen LogP contribution in [0.5, 0.6) is 0 Å². The first-order valence-electron chi connectivity index (χ1n) is 8.99. The number of nitrogens with one attached hydrogen (secondary N) is 3. The molecule has 0 aromatic carbocycles. The number of hydrogen-bond donors (Lipinski definition) is 3. The number of ether oxygens (including phenoxy) is 1. The number of rotatable bonds is 8. The molecule has 0 bridgehead atoms. The Balaban J connectivity index is 1.60. The number of amides is 3. The third-order valence-electron chi connectivity index (χ3n) is 4.65. The lowest BCUT2D eigenvalue weighted by molar-refractivity contribution is 0.0941. The SMILES string of the molecule is COCCNC(=O)NCC1CCC(CNC(=O)c2ccc(Cl)nc2)CC1. The maximum absolute atomic E-state index is 12.1. The van der Waals surface area contributed by atoms with Gasteiger partial charge in [-0.25, -0.2) is 9.78 Å². The van der Waals surface area contributed by atoms with Crippen LogP contribution in [0.25, 0.3) is 0 Å². The van der Waals surface area contributed by atoms with E-state index in [1.165, 1.54) is 6.20 Å². The lowest BCUT2D eigenvalue weighted by Crippen LogP contribution is -2.40. The highest BCUT2D eigenvalue weighted by atomic mass is 35.5. The Hall–Kier alpha value is -1.86. The summed E-state index contributed by atoms with van der Waals surface area (Å²) in [5, 5.41) is 9.00. The lowest BCUT2D eigenvalue weighted by atomic mass is 9.82. The molecule has 1 fully saturated rings. The molecule has 144 valence electrons. The summed E-state index contributed by atoms with van der Waals surface area (Å²) in [6, 6.07) is 3.14. The Morgan fingerprint density at radius 1 is 1.12 bits per heavy atom. The van der Waals surface area contributed by atoms with E-state index in [0.717, 1.165) is 25.7 Å². The second-order valence-corrected chi connectivity index (χ2v) is 6.98. The van der Waals surface area contributed by atoms with E-state index in [0.29, 0.717) is 48.8 Å². The molecule has 1 aromatic heterocycles. The van der Waals surface area contributed by atoms with Gasteiger partial charge >= 0.3 is 6.03 Å². The van der Waals surface area contributed by atoms with Gasteiger partial charge in [0, 0.05) is 32.9 Å². The molecule has 1 saturated carbocycles. The number of methoxy groups -OCH3 is 1. The van der Waals surface area contributed by atoms with Crippen molar-refractivity contribution in [2.24, 2.45) is 11.8 Å². The number of urea groups is 1. The van der Waals surface area contributed by atoms with Gasteiger partial charge in [-0.05, 0) is 49.7 Å². The van der Waals surface area contributed by atoms with Gasteiger partial charge in [0.2, 0.25) is 0 Å². The molecular weight excluding hydrogens is 356 g/mol. The largest absolute Gasteiger partial charge is 0.383 e. The van der Waals surface area contributed by atoms with E-state index in [4.69, 9.17) is 16.3 Å². The van der Waals surface area contributed by atoms with Crippen LogP contribution in [0.2, 0.25) is 5.15 Å². The Labute approximate surface area is 159 Å². The van der Waals surface area contributed by atoms with Crippen LogP contribution in [0.3, 0.4) is 0 Å². The van der Waals surface area contributed by atoms with Crippen molar-refractivity contribution in [1.29, 1.82) is 0 Å². The van der Waals surface area contributed by atoms with Crippen LogP contribution in [0.15, 0.2) is 18.3 Å². The maximum atomic E-state index is 12.1. The molecule has 8 heteroatoms. The molecule has 3 N–H and O–H groups in total. The molecule has 1 aliphatic carbocycles. The summed E-state index contributed by atoms with van der Waals surface area (Å²) >= 11 is 5.73. The summed E-state index contributed by atoms with van der Waals surface area (Å²) < 4.78 is 4.89. The molecule has 0 aliphatic heterocycles. The number of hydrogen-bond acceptors (Lipinski definition) is 4. The number of halogens is 1. The fourth-order valence-corrected chi connectivity index (χ4v) is 3.17. The first-order valence-corrected chi connectivity index (χ1v) is 9.36. The molecule has 1 heterocycles. The molecule has 1 aliphatic rings. The van der Waals surface area contributed by atoms with Gasteiger partial charge in [0.15, 0.2) is 0 Å². The number of pyridine rings is 1. The minimum absolute atomic E-state index is 0.120. The van der Waals surface area contributed by atoms with Crippen molar-refractivity contribution in [2.75, 3.05) is 33.4 Å². The predicted octanol–water partition coefficient (Wildman–Crippen LogP) is 2.22. The molecule has 7 nitrogen and oxygen atoms in total. The zero-order valence-corrected chi connectivity index (χ0v) is 15.8. The third kappa shape index (κ3) is 7.17. The van der Waals surface area contributed by atoms with E-state index in [1.807, 2.05) is 0 Å². The van der Waals surface area contributed by atoms with E-state index >= 15 is 0 Å². The van der Waals surface area contributed by atoms with Crippen LogP contribution in [-0.2, 0) is 4.74 Å². The summed E-state index contributed by atoms with van der Waals surface area (Å²) in [5.41, 5.74) is 0.520. The Bertz CT molecular complexity index is 574. The smallest absolute Gasteiger partial charge is 0.314 e. The van der Waals surface area contributed by atoms with E-state index in [2.05, 4.69) is 20.9 Å². The average molecular weight is 383 g/mol. The van der Waals surface area contributed by atoms with Gasteiger partial charge in [0.1, 0.15) is 5.15 Å². The molecule has 0 radical (unpaired) electrons. The van der Waals surface area contributed by atoms with E-state index in [-0.39, 0.29) is 11.9 Å². The van der Waals surface area contributed by atoms with E-state index in [9.17, 15) is 9.59 Å². The molecule has 2 rings (SSSR count). The highest BCUT2D eigenvalue weighted by Crippen LogP contribution is 2.28. The first-order chi connectivity index (χ1) is 12.6. The van der Waals surface area contributed by atoms with Gasteiger partial charge < -0.3 is 20.7 Å². The molecule has 3 amide bonds. The second-order valence-electron chi connectivity index (χ2n) is 6.60. The van der Waals surface area contributed by atoms with Crippen molar-refractivity contribution in [1.82, 2.24) is 20.9 Å². The zero-order chi connectivity index (χ0) is 18.8. The van der Waals surface area contributed by atoms with Crippen LogP contribution >= 0.6 is 11.6 Å². The molecule has 0 unspecified atom stereocenters. The molecule has 0 atom stereocenters. The van der Waals surface area contributed by atoms with Crippen molar-refractivity contribution in [2.45, 2.75) is 25.7 Å². The molecule has 26 heavy (non-hydrogen) atoms. The van der Waals surface area contributed by atoms with Gasteiger partial charge in [0.25, 0.3) is 5.91 Å². The van der Waals surface area contributed by atoms with E-state index in [1.54, 1.807) is 19.2 Å². The normalized spacial score (nSPS) is 19.6. The summed E-state index contributed by atoms with van der Waals surface area (Å²) in [6.07, 6.45) is 5.70. The van der Waals surface area contributed by atoms with Crippen LogP contribution < -0.4 is 16.0 Å². The number of carbonyl (C=O) groups excluding carboxylic acids is 2. The summed E-state index contributed by atoms with van der Waals surface area (Å²) in [7, 11) is 1.60. The third-order valence-corrected chi connectivity index (χ3v) is 4.87. The minimum Gasteiger partial charge on any atom is -0.383 e. The lowest BCUT2D eigenvalue weighted by Gasteiger charge is -2.28. The van der Waals surface area contributed by atoms with Gasteiger partial charge in [-0.2, -0.15) is 0 Å². The van der Waals surface area contributed by atoms with Crippen molar-refractivity contribution >= 4 is 23.5 Å². The fourth-order valence-electron chi connectivity index (χ4n) is 3.06. The van der Waals surface area contributed by atoms with Crippen LogP contribution in [0, 0.1) is 11.8 Å². The zero-order valence-electron chi connectivity index (χ0n) is 15.1. The molecule has 1 aromatic rings. The topological polar surface area (TPSA) is 92.4 Å². The van der Waals surface area contributed by atoms with Gasteiger partial charge in [-0.15, -0.1) is 0 Å². The predicted molar refractivity (Wildman–Crippen MR) is 100 cm³/mol. The molecular formula is C18H27ClN4O3. The van der Waals surface area contributed by atoms with Crippen molar-refractivity contribution in [3.63, 3.8) is 0 Å². The number of carbonyl (C=O) groups is 2. The van der Waals surface area contributed by atoms with Crippen molar-refractivity contribution < 1.29 is 14.3 Å². The van der Waals surface area contributed by atoms with Gasteiger partial charge in [-0.3, -0.25) is 4.79 Å². The summed E-state index contributed by atoms with van der Waals surface area (Å²) in [4.78, 5) is 27.6. The van der Waals surface area contributed by atoms with Crippen molar-refractivity contribution in [3.05, 3.63) is 29.0 Å². The molecule has 0 saturated heterocycles. The quantitative estimate of drug-likeness (QED) is 0.474. The number of aromatic nitrogens is 1. The monoisotopic (exact) mass is 382 g/mol. The first kappa shape index (κ1) is 20.5. The highest BCUT2D eigenvalue weighted by Gasteiger charge is 2.22. The Morgan fingerprint density at radius 3 is 2.35 bits per heavy atom. The van der Waals surface area contributed by atoms with Gasteiger partial charge in [-0.1, -0.05) is 11.6 Å². The van der Waals surface area contributed by atoms with Crippen LogP contribution in [0.4, 0.5) is 4.79 Å². The maximum Gasteiger partial charge on any atom is 0.314 e. The average Bonchev–Trinajstić information content (AvgIpc) is 2.66. The Kier molecular flexibility index (Phi) is 8.64.